The highest BCUT2D eigenvalue weighted by atomic mass is 16.2. The lowest BCUT2D eigenvalue weighted by atomic mass is 9.74. The lowest BCUT2D eigenvalue weighted by Crippen LogP contribution is -2.57. The molecule has 0 radical (unpaired) electrons. The van der Waals surface area contributed by atoms with Gasteiger partial charge in [0.05, 0.1) is 5.41 Å². The molecule has 1 aromatic carbocycles. The monoisotopic (exact) mass is 480 g/mol. The highest BCUT2D eigenvalue weighted by Crippen LogP contribution is 2.50. The lowest BCUT2D eigenvalue weighted by Gasteiger charge is -2.41. The molecule has 35 heavy (non-hydrogen) atoms. The van der Waals surface area contributed by atoms with Gasteiger partial charge >= 0.3 is 6.03 Å². The molecule has 3 heterocycles. The number of nitrogens with one attached hydrogen (secondary N) is 1. The number of rotatable bonds is 8. The van der Waals surface area contributed by atoms with Crippen molar-refractivity contribution in [3.63, 3.8) is 0 Å². The first-order valence-corrected chi connectivity index (χ1v) is 13.6. The van der Waals surface area contributed by atoms with Crippen molar-refractivity contribution in [2.45, 2.75) is 81.7 Å². The molecular weight excluding hydrogens is 440 g/mol. The van der Waals surface area contributed by atoms with Gasteiger partial charge in [0, 0.05) is 25.7 Å². The number of carbonyl (C=O) groups is 3. The average Bonchev–Trinajstić information content (AvgIpc) is 3.53. The Morgan fingerprint density at radius 1 is 1.06 bits per heavy atom. The summed E-state index contributed by atoms with van der Waals surface area (Å²) in [6.45, 7) is 4.96. The van der Waals surface area contributed by atoms with Crippen LogP contribution in [0.1, 0.15) is 70.3 Å². The van der Waals surface area contributed by atoms with Crippen LogP contribution in [0.15, 0.2) is 30.3 Å². The predicted molar refractivity (Wildman–Crippen MR) is 135 cm³/mol. The molecule has 190 valence electrons. The Bertz CT molecular complexity index is 954. The molecule has 4 amide bonds. The molecule has 1 aromatic rings. The van der Waals surface area contributed by atoms with Gasteiger partial charge in [-0.05, 0) is 76.4 Å². The molecule has 5 rings (SSSR count). The summed E-state index contributed by atoms with van der Waals surface area (Å²) in [4.78, 5) is 46.0. The summed E-state index contributed by atoms with van der Waals surface area (Å²) >= 11 is 0. The number of urea groups is 1. The van der Waals surface area contributed by atoms with E-state index in [1.807, 2.05) is 23.1 Å². The van der Waals surface area contributed by atoms with Crippen LogP contribution in [0.4, 0.5) is 4.79 Å². The van der Waals surface area contributed by atoms with Gasteiger partial charge in [0.2, 0.25) is 5.91 Å². The minimum absolute atomic E-state index is 0.0438. The first-order valence-electron chi connectivity index (χ1n) is 13.6. The summed E-state index contributed by atoms with van der Waals surface area (Å²) in [7, 11) is 2.13. The molecule has 4 aliphatic rings. The summed E-state index contributed by atoms with van der Waals surface area (Å²) in [6.07, 6.45) is 7.98. The van der Waals surface area contributed by atoms with Gasteiger partial charge in [0.1, 0.15) is 5.54 Å². The van der Waals surface area contributed by atoms with Crippen molar-refractivity contribution in [3.8, 4) is 0 Å². The normalized spacial score (nSPS) is 29.0. The largest absolute Gasteiger partial charge is 0.342 e. The van der Waals surface area contributed by atoms with Crippen molar-refractivity contribution in [1.29, 1.82) is 0 Å². The van der Waals surface area contributed by atoms with E-state index in [1.165, 1.54) is 11.3 Å². The molecular formula is C28H40N4O3. The van der Waals surface area contributed by atoms with Crippen LogP contribution in [0.5, 0.6) is 0 Å². The third-order valence-corrected chi connectivity index (χ3v) is 9.17. The maximum Gasteiger partial charge on any atom is 0.325 e. The van der Waals surface area contributed by atoms with E-state index in [9.17, 15) is 14.4 Å². The van der Waals surface area contributed by atoms with E-state index in [1.54, 1.807) is 0 Å². The quantitative estimate of drug-likeness (QED) is 0.578. The molecule has 7 nitrogen and oxygen atoms in total. The predicted octanol–water partition coefficient (Wildman–Crippen LogP) is 3.53. The van der Waals surface area contributed by atoms with Crippen molar-refractivity contribution >= 4 is 17.8 Å². The van der Waals surface area contributed by atoms with Crippen LogP contribution < -0.4 is 5.32 Å². The van der Waals surface area contributed by atoms with Crippen LogP contribution in [-0.4, -0.2) is 77.4 Å². The Kier molecular flexibility index (Phi) is 6.64. The summed E-state index contributed by atoms with van der Waals surface area (Å²) < 4.78 is 0. The number of carbonyl (C=O) groups excluding carboxylic acids is 3. The van der Waals surface area contributed by atoms with Gasteiger partial charge in [-0.25, -0.2) is 4.79 Å². The highest BCUT2D eigenvalue weighted by molar-refractivity contribution is 6.07. The second-order valence-electron chi connectivity index (χ2n) is 11.2. The van der Waals surface area contributed by atoms with Crippen LogP contribution in [-0.2, 0) is 15.0 Å². The van der Waals surface area contributed by atoms with Gasteiger partial charge in [0.15, 0.2) is 0 Å². The fraction of sp³-hybridized carbons (Fsp3) is 0.679. The SMILES string of the molecule is CCCC1(C2CCN(C(=O)C3(c4ccccc4)CC3)CC2)NC(=O)N(CCC2CCCN2C)C1=O. The summed E-state index contributed by atoms with van der Waals surface area (Å²) in [5.74, 6) is 0.252. The Balaban J connectivity index is 1.24. The Morgan fingerprint density at radius 3 is 2.37 bits per heavy atom. The molecule has 1 aliphatic carbocycles. The molecule has 3 aliphatic heterocycles. The first-order chi connectivity index (χ1) is 16.9. The number of benzene rings is 1. The smallest absolute Gasteiger partial charge is 0.325 e. The summed E-state index contributed by atoms with van der Waals surface area (Å²) in [5.41, 5.74) is -0.0490. The zero-order valence-corrected chi connectivity index (χ0v) is 21.3. The zero-order valence-electron chi connectivity index (χ0n) is 21.3. The minimum Gasteiger partial charge on any atom is -0.342 e. The van der Waals surface area contributed by atoms with Gasteiger partial charge in [-0.2, -0.15) is 0 Å². The number of piperidine rings is 1. The summed E-state index contributed by atoms with van der Waals surface area (Å²) in [6, 6.07) is 10.4. The van der Waals surface area contributed by atoms with Gasteiger partial charge in [0.25, 0.3) is 5.91 Å². The number of hydrogen-bond acceptors (Lipinski definition) is 4. The zero-order chi connectivity index (χ0) is 24.6. The van der Waals surface area contributed by atoms with E-state index < -0.39 is 5.54 Å². The van der Waals surface area contributed by atoms with Crippen molar-refractivity contribution in [3.05, 3.63) is 35.9 Å². The van der Waals surface area contributed by atoms with Gasteiger partial charge < -0.3 is 15.1 Å². The molecule has 1 saturated carbocycles. The van der Waals surface area contributed by atoms with E-state index in [0.717, 1.165) is 57.1 Å². The van der Waals surface area contributed by atoms with Gasteiger partial charge in [-0.15, -0.1) is 0 Å². The van der Waals surface area contributed by atoms with E-state index in [2.05, 4.69) is 36.3 Å². The third-order valence-electron chi connectivity index (χ3n) is 9.17. The van der Waals surface area contributed by atoms with E-state index in [0.29, 0.717) is 32.1 Å². The number of imide groups is 1. The Morgan fingerprint density at radius 2 is 1.77 bits per heavy atom. The van der Waals surface area contributed by atoms with Gasteiger partial charge in [-0.1, -0.05) is 43.7 Å². The third kappa shape index (κ3) is 4.26. The van der Waals surface area contributed by atoms with Crippen LogP contribution in [0.2, 0.25) is 0 Å². The molecule has 2 unspecified atom stereocenters. The molecule has 0 spiro atoms. The second kappa shape index (κ2) is 9.57. The lowest BCUT2D eigenvalue weighted by molar-refractivity contribution is -0.137. The standard InChI is InChI=1S/C28H40N4O3/c1-3-14-28(25(34)32(26(35)29-28)20-13-23-10-7-17-30(23)2)22-11-18-31(19-12-22)24(33)27(15-16-27)21-8-5-4-6-9-21/h4-6,8-9,22-23H,3,7,10-20H2,1-2H3,(H,29,35). The maximum atomic E-state index is 13.7. The van der Waals surface area contributed by atoms with Crippen molar-refractivity contribution in [1.82, 2.24) is 20.0 Å². The highest BCUT2D eigenvalue weighted by Gasteiger charge is 2.57. The van der Waals surface area contributed by atoms with E-state index in [-0.39, 0.29) is 29.2 Å². The number of hydrogen-bond donors (Lipinski definition) is 1. The topological polar surface area (TPSA) is 73.0 Å². The molecule has 3 saturated heterocycles. The Hall–Kier alpha value is -2.41. The van der Waals surface area contributed by atoms with Crippen LogP contribution in [0.25, 0.3) is 0 Å². The molecule has 0 bridgehead atoms. The van der Waals surface area contributed by atoms with E-state index in [4.69, 9.17) is 0 Å². The van der Waals surface area contributed by atoms with E-state index >= 15 is 0 Å². The van der Waals surface area contributed by atoms with Crippen molar-refractivity contribution < 1.29 is 14.4 Å². The molecule has 0 aromatic heterocycles. The van der Waals surface area contributed by atoms with Crippen molar-refractivity contribution in [2.24, 2.45) is 5.92 Å². The van der Waals surface area contributed by atoms with Gasteiger partial charge in [-0.3, -0.25) is 14.5 Å². The average molecular weight is 481 g/mol. The molecule has 1 N–H and O–H groups in total. The van der Waals surface area contributed by atoms with Crippen LogP contribution >= 0.6 is 0 Å². The number of amides is 4. The Labute approximate surface area is 209 Å². The number of nitrogens with zero attached hydrogens (tertiary/aromatic N) is 3. The number of likely N-dealkylation sites (tertiary alicyclic amines) is 2. The summed E-state index contributed by atoms with van der Waals surface area (Å²) in [5, 5.41) is 3.16. The first kappa shape index (κ1) is 24.3. The molecule has 7 heteroatoms. The van der Waals surface area contributed by atoms with Crippen LogP contribution in [0, 0.1) is 5.92 Å². The molecule has 4 fully saturated rings. The minimum atomic E-state index is -0.820. The van der Waals surface area contributed by atoms with Crippen molar-refractivity contribution in [2.75, 3.05) is 33.2 Å². The second-order valence-corrected chi connectivity index (χ2v) is 11.2. The van der Waals surface area contributed by atoms with Crippen LogP contribution in [0.3, 0.4) is 0 Å². The maximum absolute atomic E-state index is 13.7. The fourth-order valence-electron chi connectivity index (χ4n) is 6.90. The fourth-order valence-corrected chi connectivity index (χ4v) is 6.90. The molecule has 2 atom stereocenters.